The lowest BCUT2D eigenvalue weighted by atomic mass is 9.34. The van der Waals surface area contributed by atoms with Crippen molar-refractivity contribution in [3.63, 3.8) is 0 Å². The molecule has 12 atom stereocenters. The van der Waals surface area contributed by atoms with Gasteiger partial charge in [0.25, 0.3) is 0 Å². The second-order valence-corrected chi connectivity index (χ2v) is 18.0. The predicted octanol–water partition coefficient (Wildman–Crippen LogP) is 6.44. The van der Waals surface area contributed by atoms with Gasteiger partial charge in [0, 0.05) is 28.7 Å². The van der Waals surface area contributed by atoms with E-state index in [1.54, 1.807) is 0 Å². The second kappa shape index (κ2) is 11.4. The van der Waals surface area contributed by atoms with Crippen molar-refractivity contribution in [3.8, 4) is 0 Å². The van der Waals surface area contributed by atoms with Crippen LogP contribution in [0.4, 0.5) is 0 Å². The Labute approximate surface area is 276 Å². The minimum absolute atomic E-state index is 0.0295. The first-order chi connectivity index (χ1) is 21.1. The zero-order valence-electron chi connectivity index (χ0n) is 30.3. The third kappa shape index (κ3) is 4.80. The summed E-state index contributed by atoms with van der Waals surface area (Å²) in [5.41, 5.74) is 4.10. The fourth-order valence-corrected chi connectivity index (χ4v) is 11.4. The SMILES string of the molecule is CC(=O)O[C@@H]1C[C@@]23COCC(C)([C@H]1OCC(C)(N)C(C)C)[C@@H]2CC[C@H]1C3=CC(=O)[C@@]2(C)[C@H](C(=O)O)[C@@](C)([C@H](C)C(C)C)CC[C@]12C. The molecule has 0 aromatic rings. The van der Waals surface area contributed by atoms with Gasteiger partial charge in [0.05, 0.1) is 25.7 Å². The maximum atomic E-state index is 14.8. The summed E-state index contributed by atoms with van der Waals surface area (Å²) in [6, 6.07) is 0. The van der Waals surface area contributed by atoms with Gasteiger partial charge >= 0.3 is 11.9 Å². The number of allylic oxidation sites excluding steroid dienone is 1. The highest BCUT2D eigenvalue weighted by atomic mass is 16.6. The van der Waals surface area contributed by atoms with Crippen LogP contribution >= 0.6 is 0 Å². The average molecular weight is 644 g/mol. The van der Waals surface area contributed by atoms with Crippen molar-refractivity contribution in [2.24, 2.45) is 68.3 Å². The van der Waals surface area contributed by atoms with Gasteiger partial charge in [-0.1, -0.05) is 67.9 Å². The fourth-order valence-electron chi connectivity index (χ4n) is 11.4. The molecular formula is C38H61NO7. The summed E-state index contributed by atoms with van der Waals surface area (Å²) in [5.74, 6) is -1.28. The van der Waals surface area contributed by atoms with Gasteiger partial charge in [0.1, 0.15) is 12.2 Å². The molecule has 4 fully saturated rings. The van der Waals surface area contributed by atoms with Crippen LogP contribution in [0.25, 0.3) is 0 Å². The molecule has 8 heteroatoms. The molecule has 2 unspecified atom stereocenters. The molecule has 0 spiro atoms. The van der Waals surface area contributed by atoms with Crippen LogP contribution in [0.5, 0.6) is 0 Å². The van der Waals surface area contributed by atoms with Crippen LogP contribution in [0.3, 0.4) is 0 Å². The van der Waals surface area contributed by atoms with Gasteiger partial charge in [0.2, 0.25) is 0 Å². The Morgan fingerprint density at radius 2 is 1.74 bits per heavy atom. The van der Waals surface area contributed by atoms with E-state index in [2.05, 4.69) is 55.4 Å². The monoisotopic (exact) mass is 643 g/mol. The highest BCUT2D eigenvalue weighted by molar-refractivity contribution is 6.00. The van der Waals surface area contributed by atoms with Crippen LogP contribution in [0.1, 0.15) is 108 Å². The molecule has 3 saturated carbocycles. The number of esters is 1. The lowest BCUT2D eigenvalue weighted by molar-refractivity contribution is -0.268. The number of carboxylic acid groups (broad SMARTS) is 1. The molecule has 0 radical (unpaired) electrons. The molecule has 260 valence electrons. The van der Waals surface area contributed by atoms with Crippen molar-refractivity contribution in [2.75, 3.05) is 19.8 Å². The van der Waals surface area contributed by atoms with Gasteiger partial charge in [-0.2, -0.15) is 0 Å². The van der Waals surface area contributed by atoms with E-state index in [1.165, 1.54) is 6.92 Å². The van der Waals surface area contributed by atoms with E-state index in [9.17, 15) is 19.5 Å². The molecule has 46 heavy (non-hydrogen) atoms. The quantitative estimate of drug-likeness (QED) is 0.290. The molecule has 5 aliphatic rings. The summed E-state index contributed by atoms with van der Waals surface area (Å²) in [4.78, 5) is 40.7. The Morgan fingerprint density at radius 1 is 1.09 bits per heavy atom. The number of nitrogens with two attached hydrogens (primary N) is 1. The number of ether oxygens (including phenoxy) is 3. The molecule has 4 aliphatic carbocycles. The largest absolute Gasteiger partial charge is 0.481 e. The summed E-state index contributed by atoms with van der Waals surface area (Å²) >= 11 is 0. The van der Waals surface area contributed by atoms with Gasteiger partial charge < -0.3 is 25.1 Å². The Bertz CT molecular complexity index is 1290. The molecule has 1 heterocycles. The minimum atomic E-state index is -1.05. The van der Waals surface area contributed by atoms with Gasteiger partial charge in [0.15, 0.2) is 5.78 Å². The van der Waals surface area contributed by atoms with Crippen LogP contribution < -0.4 is 5.73 Å². The highest BCUT2D eigenvalue weighted by Crippen LogP contribution is 2.74. The maximum absolute atomic E-state index is 14.8. The first-order valence-electron chi connectivity index (χ1n) is 17.8. The molecule has 5 rings (SSSR count). The molecular weight excluding hydrogens is 582 g/mol. The summed E-state index contributed by atoms with van der Waals surface area (Å²) in [7, 11) is 0. The van der Waals surface area contributed by atoms with Gasteiger partial charge in [-0.25, -0.2) is 0 Å². The van der Waals surface area contributed by atoms with Crippen LogP contribution in [-0.2, 0) is 28.6 Å². The summed E-state index contributed by atoms with van der Waals surface area (Å²) < 4.78 is 19.3. The van der Waals surface area contributed by atoms with E-state index < -0.39 is 56.7 Å². The number of carboxylic acids is 1. The number of hydrogen-bond acceptors (Lipinski definition) is 7. The maximum Gasteiger partial charge on any atom is 0.308 e. The van der Waals surface area contributed by atoms with Gasteiger partial charge in [-0.15, -0.1) is 0 Å². The van der Waals surface area contributed by atoms with Crippen LogP contribution in [0, 0.1) is 62.6 Å². The highest BCUT2D eigenvalue weighted by Gasteiger charge is 2.74. The number of aliphatic carboxylic acids is 1. The van der Waals surface area contributed by atoms with E-state index in [1.807, 2.05) is 19.9 Å². The number of fused-ring (bicyclic) bond motifs is 3. The molecule has 2 bridgehead atoms. The summed E-state index contributed by atoms with van der Waals surface area (Å²) in [5, 5.41) is 10.9. The molecule has 0 aromatic heterocycles. The lowest BCUT2D eigenvalue weighted by Crippen LogP contribution is -2.71. The van der Waals surface area contributed by atoms with Gasteiger partial charge in [-0.3, -0.25) is 14.4 Å². The molecule has 3 N–H and O–H groups in total. The number of ketones is 1. The van der Waals surface area contributed by atoms with Crippen LogP contribution in [-0.4, -0.2) is 60.4 Å². The fraction of sp³-hybridized carbons (Fsp3) is 0.868. The Morgan fingerprint density at radius 3 is 2.30 bits per heavy atom. The summed E-state index contributed by atoms with van der Waals surface area (Å²) in [6.07, 6.45) is 4.77. The van der Waals surface area contributed by atoms with E-state index in [0.717, 1.165) is 31.3 Å². The smallest absolute Gasteiger partial charge is 0.308 e. The van der Waals surface area contributed by atoms with Crippen molar-refractivity contribution in [1.29, 1.82) is 0 Å². The first-order valence-corrected chi connectivity index (χ1v) is 17.8. The molecule has 1 saturated heterocycles. The Kier molecular flexibility index (Phi) is 8.81. The third-order valence-corrected chi connectivity index (χ3v) is 15.2. The number of carbonyl (C=O) groups is 3. The number of rotatable bonds is 8. The van der Waals surface area contributed by atoms with E-state index in [4.69, 9.17) is 19.9 Å². The van der Waals surface area contributed by atoms with Crippen molar-refractivity contribution in [3.05, 3.63) is 11.6 Å². The van der Waals surface area contributed by atoms with Gasteiger partial charge in [-0.05, 0) is 85.5 Å². The van der Waals surface area contributed by atoms with Crippen molar-refractivity contribution in [1.82, 2.24) is 0 Å². The lowest BCUT2D eigenvalue weighted by Gasteiger charge is -2.70. The van der Waals surface area contributed by atoms with E-state index >= 15 is 0 Å². The number of carbonyl (C=O) groups excluding carboxylic acids is 2. The van der Waals surface area contributed by atoms with Crippen LogP contribution in [0.15, 0.2) is 11.6 Å². The van der Waals surface area contributed by atoms with E-state index in [0.29, 0.717) is 32.2 Å². The number of hydrogen-bond donors (Lipinski definition) is 2. The first kappa shape index (κ1) is 35.5. The Hall–Kier alpha value is -1.77. The van der Waals surface area contributed by atoms with Crippen LogP contribution in [0.2, 0.25) is 0 Å². The standard InChI is InChI=1S/C38H61NO7/c1-21(2)23(5)33(7)14-15-35(9)25-12-13-28-34(8)18-44-20-38(28,26(25)16-29(41)37(35,11)30(33)32(42)43)17-27(46-24(6)40)31(34)45-19-36(10,39)22(3)4/h16,21-23,25,27-28,30-31H,12-15,17-20,39H2,1-11H3,(H,42,43)/t23-,25+,27-,28+,30-,31+,33-,34?,35-,36?,37+,38+/m1/s1. The Balaban J connectivity index is 1.62. The molecule has 1 aliphatic heterocycles. The molecule has 0 aromatic carbocycles. The minimum Gasteiger partial charge on any atom is -0.481 e. The van der Waals surface area contributed by atoms with Crippen molar-refractivity contribution < 1.29 is 33.7 Å². The zero-order chi connectivity index (χ0) is 34.4. The normalized spacial score (nSPS) is 45.6. The molecule has 8 nitrogen and oxygen atoms in total. The third-order valence-electron chi connectivity index (χ3n) is 15.2. The topological polar surface area (TPSA) is 125 Å². The van der Waals surface area contributed by atoms with Crippen molar-refractivity contribution >= 4 is 17.7 Å². The average Bonchev–Trinajstić information content (AvgIpc) is 2.93. The predicted molar refractivity (Wildman–Crippen MR) is 177 cm³/mol. The summed E-state index contributed by atoms with van der Waals surface area (Å²) in [6.45, 7) is 23.8. The van der Waals surface area contributed by atoms with E-state index in [-0.39, 0.29) is 35.4 Å². The van der Waals surface area contributed by atoms with Crippen molar-refractivity contribution in [2.45, 2.75) is 126 Å². The molecule has 0 amide bonds. The second-order valence-electron chi connectivity index (χ2n) is 18.0. The zero-order valence-corrected chi connectivity index (χ0v) is 30.3.